The second-order valence-corrected chi connectivity index (χ2v) is 5.11. The first-order valence-electron chi connectivity index (χ1n) is 6.72. The number of rotatable bonds is 2. The zero-order valence-electron chi connectivity index (χ0n) is 10.4. The molecule has 16 heavy (non-hydrogen) atoms. The van der Waals surface area contributed by atoms with Gasteiger partial charge in [0.05, 0.1) is 19.0 Å². The van der Waals surface area contributed by atoms with Crippen molar-refractivity contribution < 1.29 is 4.74 Å². The summed E-state index contributed by atoms with van der Waals surface area (Å²) in [6, 6.07) is 0. The van der Waals surface area contributed by atoms with Crippen LogP contribution in [0.3, 0.4) is 0 Å². The minimum Gasteiger partial charge on any atom is -0.378 e. The minimum absolute atomic E-state index is 0.529. The van der Waals surface area contributed by atoms with Crippen LogP contribution in [0.2, 0.25) is 0 Å². The maximum absolute atomic E-state index is 8.27. The normalized spacial score (nSPS) is 31.4. The molecule has 0 unspecified atom stereocenters. The molecule has 2 rings (SSSR count). The summed E-state index contributed by atoms with van der Waals surface area (Å²) in [7, 11) is 0. The van der Waals surface area contributed by atoms with Crippen LogP contribution in [-0.4, -0.2) is 37.0 Å². The van der Waals surface area contributed by atoms with Crippen molar-refractivity contribution in [3.63, 3.8) is 0 Å². The average Bonchev–Trinajstić information content (AvgIpc) is 2.39. The summed E-state index contributed by atoms with van der Waals surface area (Å²) >= 11 is 0. The molecular formula is C13H24N2O. The summed E-state index contributed by atoms with van der Waals surface area (Å²) in [6.45, 7) is 5.73. The molecular weight excluding hydrogens is 200 g/mol. The molecule has 0 aromatic carbocycles. The van der Waals surface area contributed by atoms with Crippen molar-refractivity contribution in [2.45, 2.75) is 39.0 Å². The van der Waals surface area contributed by atoms with Crippen molar-refractivity contribution in [2.24, 2.45) is 11.8 Å². The SMILES string of the molecule is CCC1CCC(C(=N)N2CCOCC2)CC1. The Morgan fingerprint density at radius 1 is 1.19 bits per heavy atom. The first-order valence-corrected chi connectivity index (χ1v) is 6.72. The van der Waals surface area contributed by atoms with E-state index in [1.54, 1.807) is 0 Å². The summed E-state index contributed by atoms with van der Waals surface area (Å²) in [4.78, 5) is 2.22. The topological polar surface area (TPSA) is 36.3 Å². The lowest BCUT2D eigenvalue weighted by molar-refractivity contribution is 0.0645. The average molecular weight is 224 g/mol. The summed E-state index contributed by atoms with van der Waals surface area (Å²) < 4.78 is 5.33. The lowest BCUT2D eigenvalue weighted by atomic mass is 9.80. The van der Waals surface area contributed by atoms with Gasteiger partial charge in [-0.05, 0) is 31.6 Å². The van der Waals surface area contributed by atoms with Crippen LogP contribution in [-0.2, 0) is 4.74 Å². The second-order valence-electron chi connectivity index (χ2n) is 5.11. The Hall–Kier alpha value is -0.570. The Labute approximate surface area is 98.7 Å². The van der Waals surface area contributed by atoms with Crippen LogP contribution < -0.4 is 0 Å². The highest BCUT2D eigenvalue weighted by Gasteiger charge is 2.26. The molecule has 0 amide bonds. The van der Waals surface area contributed by atoms with Crippen molar-refractivity contribution >= 4 is 5.84 Å². The van der Waals surface area contributed by atoms with Crippen molar-refractivity contribution in [3.8, 4) is 0 Å². The Morgan fingerprint density at radius 3 is 2.38 bits per heavy atom. The third-order valence-corrected chi connectivity index (χ3v) is 4.16. The molecule has 1 saturated carbocycles. The Bertz CT molecular complexity index is 228. The Balaban J connectivity index is 1.81. The van der Waals surface area contributed by atoms with Crippen LogP contribution in [0.1, 0.15) is 39.0 Å². The van der Waals surface area contributed by atoms with Gasteiger partial charge in [-0.25, -0.2) is 0 Å². The monoisotopic (exact) mass is 224 g/mol. The van der Waals surface area contributed by atoms with Gasteiger partial charge in [0, 0.05) is 19.0 Å². The number of ether oxygens (including phenoxy) is 1. The van der Waals surface area contributed by atoms with Gasteiger partial charge >= 0.3 is 0 Å². The van der Waals surface area contributed by atoms with Gasteiger partial charge in [0.1, 0.15) is 0 Å². The fraction of sp³-hybridized carbons (Fsp3) is 0.923. The maximum Gasteiger partial charge on any atom is 0.0991 e. The Kier molecular flexibility index (Phi) is 4.22. The van der Waals surface area contributed by atoms with E-state index in [-0.39, 0.29) is 0 Å². The molecule has 3 nitrogen and oxygen atoms in total. The molecule has 1 aliphatic carbocycles. The molecule has 0 atom stereocenters. The van der Waals surface area contributed by atoms with E-state index in [1.165, 1.54) is 32.1 Å². The highest BCUT2D eigenvalue weighted by molar-refractivity contribution is 5.81. The third kappa shape index (κ3) is 2.76. The van der Waals surface area contributed by atoms with Crippen molar-refractivity contribution in [3.05, 3.63) is 0 Å². The lowest BCUT2D eigenvalue weighted by Crippen LogP contribution is -2.44. The Morgan fingerprint density at radius 2 is 1.81 bits per heavy atom. The molecule has 1 saturated heterocycles. The van der Waals surface area contributed by atoms with Crippen LogP contribution in [0.15, 0.2) is 0 Å². The maximum atomic E-state index is 8.27. The van der Waals surface area contributed by atoms with E-state index >= 15 is 0 Å². The smallest absolute Gasteiger partial charge is 0.0991 e. The highest BCUT2D eigenvalue weighted by Crippen LogP contribution is 2.31. The molecule has 1 aliphatic heterocycles. The number of amidine groups is 1. The molecule has 92 valence electrons. The van der Waals surface area contributed by atoms with Crippen molar-refractivity contribution in [1.82, 2.24) is 4.90 Å². The van der Waals surface area contributed by atoms with Crippen molar-refractivity contribution in [1.29, 1.82) is 5.41 Å². The number of hydrogen-bond acceptors (Lipinski definition) is 2. The number of hydrogen-bond donors (Lipinski definition) is 1. The zero-order valence-corrected chi connectivity index (χ0v) is 10.4. The van der Waals surface area contributed by atoms with E-state index in [0.717, 1.165) is 38.1 Å². The molecule has 1 N–H and O–H groups in total. The molecule has 0 radical (unpaired) electrons. The van der Waals surface area contributed by atoms with Crippen LogP contribution in [0.25, 0.3) is 0 Å². The first kappa shape index (κ1) is 11.9. The van der Waals surface area contributed by atoms with E-state index in [4.69, 9.17) is 10.1 Å². The number of morpholine rings is 1. The van der Waals surface area contributed by atoms with Gasteiger partial charge in [0.25, 0.3) is 0 Å². The van der Waals surface area contributed by atoms with Crippen LogP contribution in [0, 0.1) is 17.2 Å². The van der Waals surface area contributed by atoms with Gasteiger partial charge in [0.2, 0.25) is 0 Å². The van der Waals surface area contributed by atoms with Crippen LogP contribution in [0.4, 0.5) is 0 Å². The third-order valence-electron chi connectivity index (χ3n) is 4.16. The summed E-state index contributed by atoms with van der Waals surface area (Å²) in [5, 5.41) is 8.27. The van der Waals surface area contributed by atoms with Crippen LogP contribution in [0.5, 0.6) is 0 Å². The minimum atomic E-state index is 0.529. The van der Waals surface area contributed by atoms with E-state index in [0.29, 0.717) is 5.92 Å². The van der Waals surface area contributed by atoms with Gasteiger partial charge < -0.3 is 9.64 Å². The molecule has 0 bridgehead atoms. The molecule has 1 heterocycles. The highest BCUT2D eigenvalue weighted by atomic mass is 16.5. The van der Waals surface area contributed by atoms with Crippen molar-refractivity contribution in [2.75, 3.05) is 26.3 Å². The summed E-state index contributed by atoms with van der Waals surface area (Å²) in [5.74, 6) is 2.34. The second kappa shape index (κ2) is 5.67. The molecule has 2 aliphatic rings. The first-order chi connectivity index (χ1) is 7.81. The molecule has 2 fully saturated rings. The summed E-state index contributed by atoms with van der Waals surface area (Å²) in [6.07, 6.45) is 6.43. The molecule has 0 aromatic heterocycles. The zero-order chi connectivity index (χ0) is 11.4. The number of nitrogens with zero attached hydrogens (tertiary/aromatic N) is 1. The fourth-order valence-electron chi connectivity index (χ4n) is 2.91. The predicted molar refractivity (Wildman–Crippen MR) is 65.9 cm³/mol. The quantitative estimate of drug-likeness (QED) is 0.578. The van der Waals surface area contributed by atoms with Crippen LogP contribution >= 0.6 is 0 Å². The largest absolute Gasteiger partial charge is 0.378 e. The predicted octanol–water partition coefficient (Wildman–Crippen LogP) is 2.51. The fourth-order valence-corrected chi connectivity index (χ4v) is 2.91. The standard InChI is InChI=1S/C13H24N2O/c1-2-11-3-5-12(6-4-11)13(14)15-7-9-16-10-8-15/h11-12,14H,2-10H2,1H3. The van der Waals surface area contributed by atoms with Gasteiger partial charge in [-0.2, -0.15) is 0 Å². The van der Waals surface area contributed by atoms with E-state index in [1.807, 2.05) is 0 Å². The van der Waals surface area contributed by atoms with Gasteiger partial charge in [-0.1, -0.05) is 13.3 Å². The lowest BCUT2D eigenvalue weighted by Gasteiger charge is -2.36. The molecule has 0 spiro atoms. The molecule has 3 heteroatoms. The molecule has 0 aromatic rings. The van der Waals surface area contributed by atoms with Gasteiger partial charge in [-0.15, -0.1) is 0 Å². The van der Waals surface area contributed by atoms with E-state index < -0.39 is 0 Å². The summed E-state index contributed by atoms with van der Waals surface area (Å²) in [5.41, 5.74) is 0. The van der Waals surface area contributed by atoms with E-state index in [2.05, 4.69) is 11.8 Å². The van der Waals surface area contributed by atoms with E-state index in [9.17, 15) is 0 Å². The van der Waals surface area contributed by atoms with Gasteiger partial charge in [-0.3, -0.25) is 5.41 Å². The van der Waals surface area contributed by atoms with Gasteiger partial charge in [0.15, 0.2) is 0 Å². The number of nitrogens with one attached hydrogen (secondary N) is 1.